The van der Waals surface area contributed by atoms with Gasteiger partial charge in [-0.15, -0.1) is 10.2 Å². The number of carbonyl (C=O) groups is 1. The number of nitrogens with zero attached hydrogens (tertiary/aromatic N) is 4. The van der Waals surface area contributed by atoms with Crippen molar-refractivity contribution in [1.29, 1.82) is 0 Å². The largest absolute Gasteiger partial charge is 0.494 e. The Labute approximate surface area is 214 Å². The van der Waals surface area contributed by atoms with E-state index >= 15 is 0 Å². The molecule has 0 bridgehead atoms. The summed E-state index contributed by atoms with van der Waals surface area (Å²) in [6.45, 7) is 15.4. The number of nitrogen functional groups attached to an aromatic ring is 1. The molecule has 0 radical (unpaired) electrons. The molecule has 1 amide bonds. The number of ether oxygens (including phenoxy) is 1. The van der Waals surface area contributed by atoms with Gasteiger partial charge in [0.25, 0.3) is 5.91 Å². The van der Waals surface area contributed by atoms with E-state index in [-0.39, 0.29) is 16.7 Å². The molecule has 36 heavy (non-hydrogen) atoms. The van der Waals surface area contributed by atoms with Gasteiger partial charge in [0, 0.05) is 24.6 Å². The summed E-state index contributed by atoms with van der Waals surface area (Å²) in [4.78, 5) is 13.2. The van der Waals surface area contributed by atoms with Gasteiger partial charge in [0.2, 0.25) is 0 Å². The number of aryl methyl sites for hydroxylation is 1. The lowest BCUT2D eigenvalue weighted by Crippen LogP contribution is -2.23. The van der Waals surface area contributed by atoms with Crippen molar-refractivity contribution in [2.45, 2.75) is 65.8 Å². The molecule has 8 heteroatoms. The molecule has 0 fully saturated rings. The summed E-state index contributed by atoms with van der Waals surface area (Å²) in [6.07, 6.45) is 0. The van der Waals surface area contributed by atoms with Crippen LogP contribution in [-0.4, -0.2) is 22.3 Å². The lowest BCUT2D eigenvalue weighted by Gasteiger charge is -2.21. The molecule has 0 atom stereocenters. The van der Waals surface area contributed by atoms with Gasteiger partial charge < -0.3 is 15.8 Å². The van der Waals surface area contributed by atoms with Crippen LogP contribution in [0, 0.1) is 0 Å². The van der Waals surface area contributed by atoms with E-state index in [0.717, 1.165) is 17.0 Å². The highest BCUT2D eigenvalue weighted by Crippen LogP contribution is 2.36. The van der Waals surface area contributed by atoms with Gasteiger partial charge in [0.05, 0.1) is 23.6 Å². The van der Waals surface area contributed by atoms with Gasteiger partial charge in [-0.3, -0.25) is 9.48 Å². The molecule has 1 aromatic heterocycles. The highest BCUT2D eigenvalue weighted by molar-refractivity contribution is 5.98. The topological polar surface area (TPSA) is 107 Å². The van der Waals surface area contributed by atoms with E-state index in [2.05, 4.69) is 53.5 Å². The Morgan fingerprint density at radius 1 is 1.06 bits per heavy atom. The van der Waals surface area contributed by atoms with Crippen LogP contribution in [0.5, 0.6) is 5.75 Å². The minimum absolute atomic E-state index is 0.0173. The summed E-state index contributed by atoms with van der Waals surface area (Å²) in [5, 5.41) is 16.3. The minimum Gasteiger partial charge on any atom is -0.494 e. The number of aromatic nitrogens is 2. The first-order chi connectivity index (χ1) is 16.8. The van der Waals surface area contributed by atoms with E-state index in [4.69, 9.17) is 10.5 Å². The first-order valence-corrected chi connectivity index (χ1v) is 12.2. The molecule has 3 aromatic rings. The minimum atomic E-state index is -0.263. The zero-order chi connectivity index (χ0) is 26.7. The first-order valence-electron chi connectivity index (χ1n) is 12.2. The molecule has 192 valence electrons. The molecule has 0 spiro atoms. The summed E-state index contributed by atoms with van der Waals surface area (Å²) in [5.41, 5.74) is 10.2. The van der Waals surface area contributed by atoms with Crippen molar-refractivity contribution in [3.8, 4) is 5.75 Å². The quantitative estimate of drug-likeness (QED) is 0.377. The van der Waals surface area contributed by atoms with Crippen LogP contribution in [0.25, 0.3) is 0 Å². The second-order valence-electron chi connectivity index (χ2n) is 10.9. The number of benzene rings is 2. The number of azo groups is 1. The number of hydrogen-bond donors (Lipinski definition) is 2. The van der Waals surface area contributed by atoms with E-state index in [9.17, 15) is 4.79 Å². The Bertz CT molecular complexity index is 1260. The molecule has 0 unspecified atom stereocenters. The summed E-state index contributed by atoms with van der Waals surface area (Å²) in [7, 11) is 1.77. The van der Waals surface area contributed by atoms with Gasteiger partial charge in [0.1, 0.15) is 11.6 Å². The van der Waals surface area contributed by atoms with Crippen molar-refractivity contribution in [1.82, 2.24) is 15.1 Å². The van der Waals surface area contributed by atoms with E-state index in [1.807, 2.05) is 39.8 Å². The predicted octanol–water partition coefficient (Wildman–Crippen LogP) is 6.34. The number of nitrogens with two attached hydrogens (primary N) is 1. The fraction of sp³-hybridized carbons (Fsp3) is 0.429. The Morgan fingerprint density at radius 3 is 2.39 bits per heavy atom. The highest BCUT2D eigenvalue weighted by atomic mass is 16.5. The van der Waals surface area contributed by atoms with E-state index < -0.39 is 0 Å². The molecule has 0 aliphatic rings. The monoisotopic (exact) mass is 490 g/mol. The maximum atomic E-state index is 13.2. The van der Waals surface area contributed by atoms with Gasteiger partial charge in [-0.2, -0.15) is 5.10 Å². The maximum absolute atomic E-state index is 13.2. The number of rotatable bonds is 7. The van der Waals surface area contributed by atoms with Crippen LogP contribution in [0.15, 0.2) is 52.7 Å². The van der Waals surface area contributed by atoms with Crippen LogP contribution in [0.3, 0.4) is 0 Å². The fourth-order valence-corrected chi connectivity index (χ4v) is 3.74. The van der Waals surface area contributed by atoms with E-state index in [1.54, 1.807) is 29.9 Å². The fourth-order valence-electron chi connectivity index (χ4n) is 3.74. The van der Waals surface area contributed by atoms with Crippen LogP contribution < -0.4 is 15.8 Å². The van der Waals surface area contributed by atoms with Crippen LogP contribution in [0.4, 0.5) is 17.2 Å². The summed E-state index contributed by atoms with van der Waals surface area (Å²) >= 11 is 0. The molecule has 3 rings (SSSR count). The summed E-state index contributed by atoms with van der Waals surface area (Å²) < 4.78 is 7.39. The number of anilines is 1. The molecule has 1 heterocycles. The van der Waals surface area contributed by atoms with Crippen LogP contribution in [-0.2, 0) is 24.4 Å². The Hall–Kier alpha value is -3.68. The molecule has 0 aliphatic carbocycles. The molecule has 0 aliphatic heterocycles. The molecule has 0 saturated heterocycles. The third kappa shape index (κ3) is 6.11. The van der Waals surface area contributed by atoms with Crippen molar-refractivity contribution >= 4 is 23.1 Å². The van der Waals surface area contributed by atoms with Crippen LogP contribution in [0.1, 0.15) is 75.6 Å². The van der Waals surface area contributed by atoms with Gasteiger partial charge in [-0.25, -0.2) is 0 Å². The molecular weight excluding hydrogens is 452 g/mol. The summed E-state index contributed by atoms with van der Waals surface area (Å²) in [5.74, 6) is 0.941. The molecule has 0 saturated carbocycles. The average Bonchev–Trinajstić information content (AvgIpc) is 3.10. The molecular formula is C28H38N6O2. The Morgan fingerprint density at radius 2 is 1.75 bits per heavy atom. The number of carbonyl (C=O) groups excluding carboxylic acids is 1. The van der Waals surface area contributed by atoms with Crippen molar-refractivity contribution in [2.75, 3.05) is 12.3 Å². The third-order valence-electron chi connectivity index (χ3n) is 5.85. The Kier molecular flexibility index (Phi) is 7.86. The van der Waals surface area contributed by atoms with E-state index in [1.165, 1.54) is 5.56 Å². The van der Waals surface area contributed by atoms with Crippen molar-refractivity contribution in [2.24, 2.45) is 17.3 Å². The molecule has 8 nitrogen and oxygen atoms in total. The Balaban J connectivity index is 1.87. The normalized spacial score (nSPS) is 12.2. The van der Waals surface area contributed by atoms with Gasteiger partial charge in [0.15, 0.2) is 5.69 Å². The van der Waals surface area contributed by atoms with Gasteiger partial charge >= 0.3 is 0 Å². The predicted molar refractivity (Wildman–Crippen MR) is 144 cm³/mol. The number of amides is 1. The highest BCUT2D eigenvalue weighted by Gasteiger charge is 2.25. The number of hydrogen-bond acceptors (Lipinski definition) is 6. The zero-order valence-electron chi connectivity index (χ0n) is 22.6. The van der Waals surface area contributed by atoms with Gasteiger partial charge in [-0.05, 0) is 42.2 Å². The number of nitrogens with one attached hydrogen (secondary N) is 1. The van der Waals surface area contributed by atoms with Gasteiger partial charge in [-0.1, -0.05) is 59.7 Å². The first kappa shape index (κ1) is 26.9. The van der Waals surface area contributed by atoms with Crippen molar-refractivity contribution in [3.63, 3.8) is 0 Å². The van der Waals surface area contributed by atoms with Crippen molar-refractivity contribution in [3.05, 3.63) is 64.8 Å². The zero-order valence-corrected chi connectivity index (χ0v) is 22.6. The molecule has 3 N–H and O–H groups in total. The standard InChI is InChI=1S/C28H38N6O2/c1-9-36-22-15-14-19(27(2,3)4)16-18(22)17-30-26(35)20-12-10-11-13-21(20)31-32-23-24(28(5,6)7)33-34(8)25(23)29/h10-16H,9,17,29H2,1-8H3,(H,30,35). The third-order valence-corrected chi connectivity index (χ3v) is 5.85. The lowest BCUT2D eigenvalue weighted by molar-refractivity contribution is 0.0951. The summed E-state index contributed by atoms with van der Waals surface area (Å²) in [6, 6.07) is 13.3. The molecule has 2 aromatic carbocycles. The van der Waals surface area contributed by atoms with Crippen molar-refractivity contribution < 1.29 is 9.53 Å². The smallest absolute Gasteiger partial charge is 0.253 e. The van der Waals surface area contributed by atoms with Crippen LogP contribution >= 0.6 is 0 Å². The van der Waals surface area contributed by atoms with Crippen LogP contribution in [0.2, 0.25) is 0 Å². The second-order valence-corrected chi connectivity index (χ2v) is 10.9. The lowest BCUT2D eigenvalue weighted by atomic mass is 9.86. The maximum Gasteiger partial charge on any atom is 0.253 e. The van der Waals surface area contributed by atoms with E-state index in [0.29, 0.717) is 35.9 Å². The average molecular weight is 491 g/mol. The second kappa shape index (κ2) is 10.5. The SMILES string of the molecule is CCOc1ccc(C(C)(C)C)cc1CNC(=O)c1ccccc1N=Nc1c(C(C)(C)C)nn(C)c1N.